The van der Waals surface area contributed by atoms with Crippen LogP contribution in [-0.4, -0.2) is 27.6 Å². The van der Waals surface area contributed by atoms with Crippen LogP contribution < -0.4 is 10.6 Å². The van der Waals surface area contributed by atoms with Crippen molar-refractivity contribution in [3.63, 3.8) is 0 Å². The Hall–Kier alpha value is -3.09. The second-order valence-corrected chi connectivity index (χ2v) is 6.89. The van der Waals surface area contributed by atoms with Crippen LogP contribution in [0.25, 0.3) is 11.3 Å². The molecule has 29 heavy (non-hydrogen) atoms. The molecule has 0 aliphatic heterocycles. The first-order valence-corrected chi connectivity index (χ1v) is 10.3. The van der Waals surface area contributed by atoms with Crippen LogP contribution in [0, 0.1) is 0 Å². The number of hydrogen-bond acceptors (Lipinski definition) is 4. The molecule has 2 aromatic heterocycles. The fourth-order valence-electron chi connectivity index (χ4n) is 3.19. The van der Waals surface area contributed by atoms with Gasteiger partial charge in [-0.15, -0.1) is 0 Å². The summed E-state index contributed by atoms with van der Waals surface area (Å²) >= 11 is 0. The standard InChI is InChI=1S/C22H30N6O/c1-4-16(5-2)19-12-18(29-28-19)13-25-22(23-6-3)26-15-21-24-14-20(27-21)17-10-8-7-9-11-17/h7-12,14,16H,4-6,13,15H2,1-3H3,(H,24,27)(H2,23,25,26). The van der Waals surface area contributed by atoms with Crippen LogP contribution in [0.3, 0.4) is 0 Å². The van der Waals surface area contributed by atoms with Gasteiger partial charge in [-0.1, -0.05) is 49.3 Å². The van der Waals surface area contributed by atoms with E-state index >= 15 is 0 Å². The van der Waals surface area contributed by atoms with E-state index in [2.05, 4.69) is 56.7 Å². The number of aromatic amines is 1. The maximum Gasteiger partial charge on any atom is 0.192 e. The Bertz CT molecular complexity index is 895. The van der Waals surface area contributed by atoms with E-state index in [1.54, 1.807) is 0 Å². The maximum atomic E-state index is 5.48. The first kappa shape index (κ1) is 20.6. The molecule has 7 nitrogen and oxygen atoms in total. The molecule has 0 bridgehead atoms. The maximum absolute atomic E-state index is 5.48. The summed E-state index contributed by atoms with van der Waals surface area (Å²) in [7, 11) is 0. The van der Waals surface area contributed by atoms with Crippen molar-refractivity contribution in [1.29, 1.82) is 0 Å². The highest BCUT2D eigenvalue weighted by molar-refractivity contribution is 5.79. The van der Waals surface area contributed by atoms with Crippen molar-refractivity contribution in [2.75, 3.05) is 6.54 Å². The molecule has 0 unspecified atom stereocenters. The Morgan fingerprint density at radius 2 is 1.93 bits per heavy atom. The van der Waals surface area contributed by atoms with Gasteiger partial charge >= 0.3 is 0 Å². The molecule has 1 aromatic carbocycles. The highest BCUT2D eigenvalue weighted by atomic mass is 16.5. The lowest BCUT2D eigenvalue weighted by Gasteiger charge is -2.09. The molecule has 154 valence electrons. The molecule has 0 spiro atoms. The van der Waals surface area contributed by atoms with Crippen molar-refractivity contribution in [3.8, 4) is 11.3 Å². The summed E-state index contributed by atoms with van der Waals surface area (Å²) in [4.78, 5) is 12.4. The van der Waals surface area contributed by atoms with Crippen LogP contribution in [0.15, 0.2) is 52.1 Å². The van der Waals surface area contributed by atoms with Gasteiger partial charge in [-0.05, 0) is 25.3 Å². The molecule has 0 aliphatic rings. The quantitative estimate of drug-likeness (QED) is 0.373. The lowest BCUT2D eigenvalue weighted by molar-refractivity contribution is 0.368. The van der Waals surface area contributed by atoms with E-state index in [-0.39, 0.29) is 0 Å². The molecule has 0 amide bonds. The van der Waals surface area contributed by atoms with E-state index in [4.69, 9.17) is 4.52 Å². The third-order valence-corrected chi connectivity index (χ3v) is 4.86. The van der Waals surface area contributed by atoms with Crippen LogP contribution in [0.1, 0.15) is 56.8 Å². The van der Waals surface area contributed by atoms with E-state index in [9.17, 15) is 0 Å². The molecule has 0 radical (unpaired) electrons. The minimum Gasteiger partial charge on any atom is -0.359 e. The fourth-order valence-corrected chi connectivity index (χ4v) is 3.19. The average Bonchev–Trinajstić information content (AvgIpc) is 3.42. The highest BCUT2D eigenvalue weighted by Gasteiger charge is 2.13. The summed E-state index contributed by atoms with van der Waals surface area (Å²) in [5.74, 6) is 2.79. The summed E-state index contributed by atoms with van der Waals surface area (Å²) in [5.41, 5.74) is 3.13. The van der Waals surface area contributed by atoms with Gasteiger partial charge in [-0.3, -0.25) is 0 Å². The second-order valence-electron chi connectivity index (χ2n) is 6.89. The minimum absolute atomic E-state index is 0.451. The number of nitrogens with one attached hydrogen (secondary N) is 3. The summed E-state index contributed by atoms with van der Waals surface area (Å²) in [5, 5.41) is 10.8. The Morgan fingerprint density at radius 3 is 2.66 bits per heavy atom. The third-order valence-electron chi connectivity index (χ3n) is 4.86. The predicted octanol–water partition coefficient (Wildman–Crippen LogP) is 4.22. The zero-order chi connectivity index (χ0) is 20.5. The average molecular weight is 395 g/mol. The number of aromatic nitrogens is 3. The highest BCUT2D eigenvalue weighted by Crippen LogP contribution is 2.22. The predicted molar refractivity (Wildman–Crippen MR) is 116 cm³/mol. The Morgan fingerprint density at radius 1 is 1.14 bits per heavy atom. The molecule has 3 rings (SSSR count). The van der Waals surface area contributed by atoms with Gasteiger partial charge in [0.05, 0.1) is 24.1 Å². The zero-order valence-corrected chi connectivity index (χ0v) is 17.4. The van der Waals surface area contributed by atoms with Gasteiger partial charge in [-0.2, -0.15) is 0 Å². The van der Waals surface area contributed by atoms with E-state index < -0.39 is 0 Å². The van der Waals surface area contributed by atoms with Crippen molar-refractivity contribution in [1.82, 2.24) is 25.8 Å². The number of rotatable bonds is 9. The molecule has 3 aromatic rings. The van der Waals surface area contributed by atoms with Gasteiger partial charge in [0.1, 0.15) is 12.4 Å². The summed E-state index contributed by atoms with van der Waals surface area (Å²) in [6.07, 6.45) is 3.97. The topological polar surface area (TPSA) is 91.1 Å². The Labute approximate surface area is 172 Å². The van der Waals surface area contributed by atoms with E-state index in [1.165, 1.54) is 0 Å². The van der Waals surface area contributed by atoms with Crippen molar-refractivity contribution in [2.24, 2.45) is 4.99 Å². The number of nitrogens with zero attached hydrogens (tertiary/aromatic N) is 3. The van der Waals surface area contributed by atoms with Crippen LogP contribution >= 0.6 is 0 Å². The van der Waals surface area contributed by atoms with Gasteiger partial charge in [-0.25, -0.2) is 9.98 Å². The van der Waals surface area contributed by atoms with Crippen LogP contribution in [-0.2, 0) is 13.1 Å². The molecular weight excluding hydrogens is 364 g/mol. The smallest absolute Gasteiger partial charge is 0.192 e. The Kier molecular flexibility index (Phi) is 7.44. The van der Waals surface area contributed by atoms with Gasteiger partial charge in [0.15, 0.2) is 11.7 Å². The van der Waals surface area contributed by atoms with E-state index in [0.717, 1.165) is 47.9 Å². The second kappa shape index (κ2) is 10.5. The fraction of sp³-hybridized carbons (Fsp3) is 0.409. The molecule has 0 saturated carbocycles. The van der Waals surface area contributed by atoms with Crippen LogP contribution in [0.5, 0.6) is 0 Å². The SMILES string of the molecule is CCNC(=NCc1ncc(-c2ccccc2)[nH]1)NCc1cc(C(CC)CC)no1. The lowest BCUT2D eigenvalue weighted by Crippen LogP contribution is -2.36. The number of imidazole rings is 1. The van der Waals surface area contributed by atoms with Crippen LogP contribution in [0.2, 0.25) is 0 Å². The molecule has 2 heterocycles. The van der Waals surface area contributed by atoms with Gasteiger partial charge in [0, 0.05) is 18.5 Å². The number of hydrogen-bond donors (Lipinski definition) is 3. The Balaban J connectivity index is 1.60. The largest absolute Gasteiger partial charge is 0.359 e. The van der Waals surface area contributed by atoms with Crippen molar-refractivity contribution >= 4 is 5.96 Å². The van der Waals surface area contributed by atoms with E-state index in [1.807, 2.05) is 37.4 Å². The van der Waals surface area contributed by atoms with Crippen molar-refractivity contribution in [3.05, 3.63) is 59.9 Å². The lowest BCUT2D eigenvalue weighted by atomic mass is 9.99. The summed E-state index contributed by atoms with van der Waals surface area (Å²) < 4.78 is 5.48. The molecule has 0 fully saturated rings. The molecule has 3 N–H and O–H groups in total. The van der Waals surface area contributed by atoms with Crippen molar-refractivity contribution < 1.29 is 4.52 Å². The van der Waals surface area contributed by atoms with Crippen LogP contribution in [0.4, 0.5) is 0 Å². The number of benzene rings is 1. The van der Waals surface area contributed by atoms with Crippen molar-refractivity contribution in [2.45, 2.75) is 52.6 Å². The minimum atomic E-state index is 0.451. The third kappa shape index (κ3) is 5.70. The summed E-state index contributed by atoms with van der Waals surface area (Å²) in [6.45, 7) is 8.15. The molecule has 0 aliphatic carbocycles. The summed E-state index contributed by atoms with van der Waals surface area (Å²) in [6, 6.07) is 12.2. The first-order valence-electron chi connectivity index (χ1n) is 10.3. The van der Waals surface area contributed by atoms with E-state index in [0.29, 0.717) is 25.0 Å². The van der Waals surface area contributed by atoms with Gasteiger partial charge in [0.2, 0.25) is 0 Å². The van der Waals surface area contributed by atoms with Gasteiger partial charge < -0.3 is 20.1 Å². The molecule has 0 atom stereocenters. The zero-order valence-electron chi connectivity index (χ0n) is 17.4. The number of H-pyrrole nitrogens is 1. The number of aliphatic imine (C=N–C) groups is 1. The monoisotopic (exact) mass is 394 g/mol. The number of guanidine groups is 1. The normalized spacial score (nSPS) is 11.8. The van der Waals surface area contributed by atoms with Gasteiger partial charge in [0.25, 0.3) is 0 Å². The molecule has 7 heteroatoms. The first-order chi connectivity index (χ1) is 14.2. The molecule has 0 saturated heterocycles. The molecular formula is C22H30N6O.